The molecule has 2 aromatic rings. The van der Waals surface area contributed by atoms with Gasteiger partial charge in [-0.15, -0.1) is 0 Å². The van der Waals surface area contributed by atoms with Crippen molar-refractivity contribution in [3.8, 4) is 0 Å². The number of nitrogens with zero attached hydrogens (tertiary/aromatic N) is 1. The van der Waals surface area contributed by atoms with Crippen LogP contribution in [0.2, 0.25) is 0 Å². The second-order valence-electron chi connectivity index (χ2n) is 4.39. The van der Waals surface area contributed by atoms with Crippen molar-refractivity contribution in [1.82, 2.24) is 10.3 Å². The zero-order chi connectivity index (χ0) is 13.3. The van der Waals surface area contributed by atoms with Crippen LogP contribution >= 0.6 is 0 Å². The maximum absolute atomic E-state index is 4.97. The summed E-state index contributed by atoms with van der Waals surface area (Å²) >= 11 is 0. The van der Waals surface area contributed by atoms with Gasteiger partial charge in [0, 0.05) is 25.2 Å². The SMILES string of the molecule is COCCNCC/C=C/c1ccc2ncccc2c1. The lowest BCUT2D eigenvalue weighted by Crippen LogP contribution is -2.19. The Kier molecular flexibility index (Phi) is 5.53. The lowest BCUT2D eigenvalue weighted by molar-refractivity contribution is 0.199. The number of hydrogen-bond donors (Lipinski definition) is 1. The number of aromatic nitrogens is 1. The Morgan fingerprint density at radius 2 is 2.21 bits per heavy atom. The third kappa shape index (κ3) is 4.47. The van der Waals surface area contributed by atoms with Crippen LogP contribution in [-0.2, 0) is 4.74 Å². The van der Waals surface area contributed by atoms with E-state index in [9.17, 15) is 0 Å². The summed E-state index contributed by atoms with van der Waals surface area (Å²) in [5.74, 6) is 0. The van der Waals surface area contributed by atoms with E-state index in [-0.39, 0.29) is 0 Å². The highest BCUT2D eigenvalue weighted by Crippen LogP contribution is 2.14. The van der Waals surface area contributed by atoms with E-state index in [4.69, 9.17) is 4.74 Å². The van der Waals surface area contributed by atoms with Gasteiger partial charge in [0.15, 0.2) is 0 Å². The fourth-order valence-corrected chi connectivity index (χ4v) is 1.90. The Balaban J connectivity index is 1.83. The van der Waals surface area contributed by atoms with Crippen LogP contribution in [0.15, 0.2) is 42.6 Å². The number of ether oxygens (including phenoxy) is 1. The molecule has 0 aliphatic rings. The van der Waals surface area contributed by atoms with Crippen molar-refractivity contribution in [2.24, 2.45) is 0 Å². The normalized spacial score (nSPS) is 11.4. The fraction of sp³-hybridized carbons (Fsp3) is 0.312. The highest BCUT2D eigenvalue weighted by molar-refractivity contribution is 5.80. The highest BCUT2D eigenvalue weighted by Gasteiger charge is 1.93. The summed E-state index contributed by atoms with van der Waals surface area (Å²) in [6.07, 6.45) is 7.19. The van der Waals surface area contributed by atoms with Gasteiger partial charge in [0.05, 0.1) is 12.1 Å². The molecule has 0 bridgehead atoms. The van der Waals surface area contributed by atoms with Gasteiger partial charge in [-0.2, -0.15) is 0 Å². The van der Waals surface area contributed by atoms with Gasteiger partial charge in [-0.1, -0.05) is 24.3 Å². The number of hydrogen-bond acceptors (Lipinski definition) is 3. The van der Waals surface area contributed by atoms with Gasteiger partial charge in [-0.25, -0.2) is 0 Å². The van der Waals surface area contributed by atoms with E-state index < -0.39 is 0 Å². The van der Waals surface area contributed by atoms with E-state index >= 15 is 0 Å². The summed E-state index contributed by atoms with van der Waals surface area (Å²) < 4.78 is 4.97. The Morgan fingerprint density at radius 3 is 3.11 bits per heavy atom. The van der Waals surface area contributed by atoms with Crippen molar-refractivity contribution in [2.45, 2.75) is 6.42 Å². The van der Waals surface area contributed by atoms with E-state index in [1.54, 1.807) is 7.11 Å². The summed E-state index contributed by atoms with van der Waals surface area (Å²) in [5, 5.41) is 4.50. The van der Waals surface area contributed by atoms with Crippen LogP contribution in [-0.4, -0.2) is 31.8 Å². The molecule has 1 heterocycles. The molecule has 19 heavy (non-hydrogen) atoms. The Hall–Kier alpha value is -1.71. The first kappa shape index (κ1) is 13.7. The highest BCUT2D eigenvalue weighted by atomic mass is 16.5. The van der Waals surface area contributed by atoms with Gasteiger partial charge in [0.2, 0.25) is 0 Å². The number of benzene rings is 1. The van der Waals surface area contributed by atoms with Gasteiger partial charge >= 0.3 is 0 Å². The van der Waals surface area contributed by atoms with E-state index in [0.717, 1.165) is 31.6 Å². The molecule has 1 N–H and O–H groups in total. The summed E-state index contributed by atoms with van der Waals surface area (Å²) in [4.78, 5) is 4.31. The van der Waals surface area contributed by atoms with Gasteiger partial charge in [-0.05, 0) is 36.7 Å². The van der Waals surface area contributed by atoms with E-state index in [0.29, 0.717) is 0 Å². The molecule has 0 aliphatic heterocycles. The zero-order valence-corrected chi connectivity index (χ0v) is 11.3. The minimum Gasteiger partial charge on any atom is -0.383 e. The predicted octanol–water partition coefficient (Wildman–Crippen LogP) is 2.87. The fourth-order valence-electron chi connectivity index (χ4n) is 1.90. The largest absolute Gasteiger partial charge is 0.383 e. The third-order valence-corrected chi connectivity index (χ3v) is 2.91. The Bertz CT molecular complexity index is 537. The van der Waals surface area contributed by atoms with E-state index in [1.807, 2.05) is 12.3 Å². The van der Waals surface area contributed by atoms with Crippen LogP contribution in [0.25, 0.3) is 17.0 Å². The van der Waals surface area contributed by atoms with Gasteiger partial charge < -0.3 is 10.1 Å². The van der Waals surface area contributed by atoms with Crippen molar-refractivity contribution in [3.05, 3.63) is 48.2 Å². The second-order valence-corrected chi connectivity index (χ2v) is 4.39. The minimum atomic E-state index is 0.765. The van der Waals surface area contributed by atoms with Crippen molar-refractivity contribution in [2.75, 3.05) is 26.8 Å². The van der Waals surface area contributed by atoms with Crippen molar-refractivity contribution in [3.63, 3.8) is 0 Å². The number of fused-ring (bicyclic) bond motifs is 1. The molecule has 100 valence electrons. The van der Waals surface area contributed by atoms with Crippen molar-refractivity contribution in [1.29, 1.82) is 0 Å². The summed E-state index contributed by atoms with van der Waals surface area (Å²) in [7, 11) is 1.72. The molecule has 3 nitrogen and oxygen atoms in total. The molecule has 0 saturated heterocycles. The predicted molar refractivity (Wildman–Crippen MR) is 80.1 cm³/mol. The average Bonchev–Trinajstić information content (AvgIpc) is 2.46. The van der Waals surface area contributed by atoms with Crippen LogP contribution in [0.5, 0.6) is 0 Å². The average molecular weight is 256 g/mol. The smallest absolute Gasteiger partial charge is 0.0702 e. The Labute approximate surface area is 114 Å². The molecule has 0 radical (unpaired) electrons. The quantitative estimate of drug-likeness (QED) is 0.773. The van der Waals surface area contributed by atoms with Crippen LogP contribution in [0.1, 0.15) is 12.0 Å². The summed E-state index contributed by atoms with van der Waals surface area (Å²) in [6, 6.07) is 10.4. The lowest BCUT2D eigenvalue weighted by Gasteiger charge is -2.01. The number of nitrogens with one attached hydrogen (secondary N) is 1. The van der Waals surface area contributed by atoms with Crippen LogP contribution < -0.4 is 5.32 Å². The van der Waals surface area contributed by atoms with E-state index in [1.165, 1.54) is 10.9 Å². The standard InChI is InChI=1S/C16H20N2O/c1-19-12-11-17-9-3-2-5-14-7-8-16-15(13-14)6-4-10-18-16/h2,4-8,10,13,17H,3,9,11-12H2,1H3/b5-2+. The third-order valence-electron chi connectivity index (χ3n) is 2.91. The molecular weight excluding hydrogens is 236 g/mol. The monoisotopic (exact) mass is 256 g/mol. The maximum Gasteiger partial charge on any atom is 0.0702 e. The van der Waals surface area contributed by atoms with E-state index in [2.05, 4.69) is 46.7 Å². The zero-order valence-electron chi connectivity index (χ0n) is 11.3. The first-order valence-electron chi connectivity index (χ1n) is 6.61. The van der Waals surface area contributed by atoms with Crippen molar-refractivity contribution >= 4 is 17.0 Å². The van der Waals surface area contributed by atoms with Crippen LogP contribution in [0.4, 0.5) is 0 Å². The lowest BCUT2D eigenvalue weighted by atomic mass is 10.1. The molecule has 0 amide bonds. The van der Waals surface area contributed by atoms with Crippen LogP contribution in [0, 0.1) is 0 Å². The Morgan fingerprint density at radius 1 is 1.26 bits per heavy atom. The number of pyridine rings is 1. The minimum absolute atomic E-state index is 0.765. The van der Waals surface area contributed by atoms with Gasteiger partial charge in [0.25, 0.3) is 0 Å². The molecule has 2 rings (SSSR count). The molecule has 0 saturated carbocycles. The summed E-state index contributed by atoms with van der Waals surface area (Å²) in [6.45, 7) is 2.66. The molecule has 1 aromatic heterocycles. The molecule has 0 atom stereocenters. The van der Waals surface area contributed by atoms with Gasteiger partial charge in [0.1, 0.15) is 0 Å². The second kappa shape index (κ2) is 7.67. The molecule has 1 aromatic carbocycles. The van der Waals surface area contributed by atoms with Crippen LogP contribution in [0.3, 0.4) is 0 Å². The molecule has 0 fully saturated rings. The number of rotatable bonds is 7. The molecule has 0 unspecified atom stereocenters. The topological polar surface area (TPSA) is 34.1 Å². The molecule has 3 heteroatoms. The molecule has 0 aliphatic carbocycles. The van der Waals surface area contributed by atoms with Gasteiger partial charge in [-0.3, -0.25) is 4.98 Å². The number of methoxy groups -OCH3 is 1. The molecule has 0 spiro atoms. The summed E-state index contributed by atoms with van der Waals surface area (Å²) in [5.41, 5.74) is 2.26. The maximum atomic E-state index is 4.97. The van der Waals surface area contributed by atoms with Crippen molar-refractivity contribution < 1.29 is 4.74 Å². The first-order chi connectivity index (χ1) is 9.40. The molecular formula is C16H20N2O. The first-order valence-corrected chi connectivity index (χ1v) is 6.61.